The van der Waals surface area contributed by atoms with Crippen molar-refractivity contribution in [2.24, 2.45) is 0 Å². The van der Waals surface area contributed by atoms with Crippen molar-refractivity contribution < 1.29 is 19.1 Å². The normalized spacial score (nSPS) is 11.3. The standard InChI is InChI=1S/C25H26N2O4/c1-30-22-14-13-18(15-23(22)31-2)17-26-24(28)16-21(19-9-5-3-6-10-19)27-25(29)20-11-7-4-8-12-20/h3-15,21H,16-17H2,1-2H3,(H,26,28)(H,27,29). The first-order valence-electron chi connectivity index (χ1n) is 9.99. The Hall–Kier alpha value is -3.80. The largest absolute Gasteiger partial charge is 0.493 e. The molecule has 1 atom stereocenters. The first-order chi connectivity index (χ1) is 15.1. The maximum atomic E-state index is 12.7. The fourth-order valence-corrected chi connectivity index (χ4v) is 3.22. The number of nitrogens with one attached hydrogen (secondary N) is 2. The van der Waals surface area contributed by atoms with Gasteiger partial charge in [-0.15, -0.1) is 0 Å². The summed E-state index contributed by atoms with van der Waals surface area (Å²) in [5.74, 6) is 0.844. The molecule has 1 unspecified atom stereocenters. The van der Waals surface area contributed by atoms with Gasteiger partial charge in [-0.3, -0.25) is 9.59 Å². The Morgan fingerprint density at radius 2 is 1.48 bits per heavy atom. The first-order valence-corrected chi connectivity index (χ1v) is 9.99. The second-order valence-corrected chi connectivity index (χ2v) is 6.97. The molecule has 0 radical (unpaired) electrons. The van der Waals surface area contributed by atoms with E-state index in [2.05, 4.69) is 10.6 Å². The summed E-state index contributed by atoms with van der Waals surface area (Å²) in [6.45, 7) is 0.341. The maximum absolute atomic E-state index is 12.7. The van der Waals surface area contributed by atoms with Crippen LogP contribution in [0.15, 0.2) is 78.9 Å². The van der Waals surface area contributed by atoms with E-state index in [-0.39, 0.29) is 18.2 Å². The third-order valence-corrected chi connectivity index (χ3v) is 4.87. The van der Waals surface area contributed by atoms with Gasteiger partial charge in [0.2, 0.25) is 5.91 Å². The molecule has 0 aliphatic rings. The maximum Gasteiger partial charge on any atom is 0.251 e. The van der Waals surface area contributed by atoms with Crippen LogP contribution in [-0.2, 0) is 11.3 Å². The lowest BCUT2D eigenvalue weighted by Crippen LogP contribution is -2.33. The summed E-state index contributed by atoms with van der Waals surface area (Å²) < 4.78 is 10.5. The summed E-state index contributed by atoms with van der Waals surface area (Å²) in [5, 5.41) is 5.89. The molecule has 0 aliphatic heterocycles. The highest BCUT2D eigenvalue weighted by atomic mass is 16.5. The third-order valence-electron chi connectivity index (χ3n) is 4.87. The van der Waals surface area contributed by atoms with Gasteiger partial charge in [-0.05, 0) is 35.4 Å². The Kier molecular flexibility index (Phi) is 7.65. The average Bonchev–Trinajstić information content (AvgIpc) is 2.83. The van der Waals surface area contributed by atoms with Gasteiger partial charge in [0.05, 0.1) is 26.7 Å². The molecule has 6 nitrogen and oxygen atoms in total. The summed E-state index contributed by atoms with van der Waals surface area (Å²) in [5.41, 5.74) is 2.30. The Balaban J connectivity index is 1.66. The molecular formula is C25H26N2O4. The molecule has 31 heavy (non-hydrogen) atoms. The van der Waals surface area contributed by atoms with Crippen molar-refractivity contribution in [3.8, 4) is 11.5 Å². The van der Waals surface area contributed by atoms with E-state index in [1.165, 1.54) is 0 Å². The number of amides is 2. The molecule has 3 rings (SSSR count). The molecule has 0 fully saturated rings. The minimum absolute atomic E-state index is 0.121. The summed E-state index contributed by atoms with van der Waals surface area (Å²) in [6, 6.07) is 23.5. The SMILES string of the molecule is COc1ccc(CNC(=O)CC(NC(=O)c2ccccc2)c2ccccc2)cc1OC. The Labute approximate surface area is 182 Å². The van der Waals surface area contributed by atoms with E-state index in [9.17, 15) is 9.59 Å². The van der Waals surface area contributed by atoms with Gasteiger partial charge in [-0.1, -0.05) is 54.6 Å². The molecule has 0 spiro atoms. The molecule has 0 aromatic heterocycles. The topological polar surface area (TPSA) is 76.7 Å². The zero-order chi connectivity index (χ0) is 22.1. The van der Waals surface area contributed by atoms with E-state index in [0.717, 1.165) is 11.1 Å². The first kappa shape index (κ1) is 21.9. The zero-order valence-corrected chi connectivity index (χ0v) is 17.6. The number of hydrogen-bond donors (Lipinski definition) is 2. The van der Waals surface area contributed by atoms with Crippen LogP contribution < -0.4 is 20.1 Å². The summed E-state index contributed by atoms with van der Waals surface area (Å²) in [7, 11) is 3.15. The lowest BCUT2D eigenvalue weighted by Gasteiger charge is -2.19. The Morgan fingerprint density at radius 3 is 2.13 bits per heavy atom. The summed E-state index contributed by atoms with van der Waals surface area (Å²) >= 11 is 0. The minimum atomic E-state index is -0.445. The number of rotatable bonds is 9. The Bertz CT molecular complexity index is 1010. The average molecular weight is 418 g/mol. The molecule has 160 valence electrons. The molecule has 0 saturated carbocycles. The summed E-state index contributed by atoms with van der Waals surface area (Å²) in [4.78, 5) is 25.3. The van der Waals surface area contributed by atoms with Crippen molar-refractivity contribution >= 4 is 11.8 Å². The van der Waals surface area contributed by atoms with Crippen LogP contribution in [-0.4, -0.2) is 26.0 Å². The molecule has 6 heteroatoms. The van der Waals surface area contributed by atoms with Crippen molar-refractivity contribution in [3.63, 3.8) is 0 Å². The number of hydrogen-bond acceptors (Lipinski definition) is 4. The van der Waals surface area contributed by atoms with Crippen molar-refractivity contribution in [2.75, 3.05) is 14.2 Å². The second-order valence-electron chi connectivity index (χ2n) is 6.97. The van der Waals surface area contributed by atoms with Gasteiger partial charge >= 0.3 is 0 Å². The van der Waals surface area contributed by atoms with E-state index in [1.807, 2.05) is 60.7 Å². The van der Waals surface area contributed by atoms with Crippen molar-refractivity contribution in [1.82, 2.24) is 10.6 Å². The van der Waals surface area contributed by atoms with E-state index in [0.29, 0.717) is 23.6 Å². The number of ether oxygens (including phenoxy) is 2. The van der Waals surface area contributed by atoms with Gasteiger partial charge in [0, 0.05) is 12.1 Å². The monoisotopic (exact) mass is 418 g/mol. The quantitative estimate of drug-likeness (QED) is 0.553. The van der Waals surface area contributed by atoms with E-state index in [1.54, 1.807) is 32.4 Å². The van der Waals surface area contributed by atoms with Gasteiger partial charge in [-0.2, -0.15) is 0 Å². The molecule has 3 aromatic rings. The fourth-order valence-electron chi connectivity index (χ4n) is 3.22. The van der Waals surface area contributed by atoms with Crippen LogP contribution in [0.25, 0.3) is 0 Å². The Morgan fingerprint density at radius 1 is 0.839 bits per heavy atom. The van der Waals surface area contributed by atoms with Crippen LogP contribution in [0.5, 0.6) is 11.5 Å². The molecule has 3 aromatic carbocycles. The van der Waals surface area contributed by atoms with Crippen LogP contribution >= 0.6 is 0 Å². The van der Waals surface area contributed by atoms with Gasteiger partial charge in [0.25, 0.3) is 5.91 Å². The highest BCUT2D eigenvalue weighted by Crippen LogP contribution is 2.27. The number of benzene rings is 3. The van der Waals surface area contributed by atoms with Crippen LogP contribution in [0, 0.1) is 0 Å². The number of carbonyl (C=O) groups excluding carboxylic acids is 2. The lowest BCUT2D eigenvalue weighted by molar-refractivity contribution is -0.121. The fraction of sp³-hybridized carbons (Fsp3) is 0.200. The van der Waals surface area contributed by atoms with Crippen molar-refractivity contribution in [2.45, 2.75) is 19.0 Å². The smallest absolute Gasteiger partial charge is 0.251 e. The number of methoxy groups -OCH3 is 2. The highest BCUT2D eigenvalue weighted by molar-refractivity contribution is 5.94. The number of carbonyl (C=O) groups is 2. The van der Waals surface area contributed by atoms with Crippen LogP contribution in [0.4, 0.5) is 0 Å². The molecule has 2 amide bonds. The van der Waals surface area contributed by atoms with Gasteiger partial charge in [-0.25, -0.2) is 0 Å². The van der Waals surface area contributed by atoms with Crippen LogP contribution in [0.2, 0.25) is 0 Å². The molecule has 0 bridgehead atoms. The predicted octanol–water partition coefficient (Wildman–Crippen LogP) is 3.88. The van der Waals surface area contributed by atoms with Crippen LogP contribution in [0.1, 0.15) is 33.9 Å². The van der Waals surface area contributed by atoms with Crippen molar-refractivity contribution in [3.05, 3.63) is 95.6 Å². The molecule has 2 N–H and O–H groups in total. The molecule has 0 aliphatic carbocycles. The van der Waals surface area contributed by atoms with E-state index < -0.39 is 6.04 Å². The van der Waals surface area contributed by atoms with Gasteiger partial charge < -0.3 is 20.1 Å². The highest BCUT2D eigenvalue weighted by Gasteiger charge is 2.19. The lowest BCUT2D eigenvalue weighted by atomic mass is 10.0. The molecular weight excluding hydrogens is 392 g/mol. The van der Waals surface area contributed by atoms with Gasteiger partial charge in [0.15, 0.2) is 11.5 Å². The molecule has 0 heterocycles. The van der Waals surface area contributed by atoms with E-state index >= 15 is 0 Å². The van der Waals surface area contributed by atoms with Gasteiger partial charge in [0.1, 0.15) is 0 Å². The minimum Gasteiger partial charge on any atom is -0.493 e. The zero-order valence-electron chi connectivity index (χ0n) is 17.6. The second kappa shape index (κ2) is 10.8. The van der Waals surface area contributed by atoms with Crippen LogP contribution in [0.3, 0.4) is 0 Å². The summed E-state index contributed by atoms with van der Waals surface area (Å²) in [6.07, 6.45) is 0.121. The van der Waals surface area contributed by atoms with Crippen molar-refractivity contribution in [1.29, 1.82) is 0 Å². The molecule has 0 saturated heterocycles. The predicted molar refractivity (Wildman–Crippen MR) is 119 cm³/mol. The van der Waals surface area contributed by atoms with E-state index in [4.69, 9.17) is 9.47 Å². The third kappa shape index (κ3) is 6.09.